The molecule has 0 aliphatic carbocycles. The number of methoxy groups -OCH3 is 1. The number of ether oxygens (including phenoxy) is 4. The molecule has 1 aromatic heterocycles. The minimum Gasteiger partial charge on any atom is -0.496 e. The number of carbonyl (C=O) groups is 2. The molecule has 2 heterocycles. The lowest BCUT2D eigenvalue weighted by molar-refractivity contribution is -0.185. The number of carbonyl (C=O) groups excluding carboxylic acids is 2. The van der Waals surface area contributed by atoms with Crippen molar-refractivity contribution in [2.75, 3.05) is 7.11 Å². The zero-order valence-corrected chi connectivity index (χ0v) is 25.6. The van der Waals surface area contributed by atoms with Crippen molar-refractivity contribution in [2.45, 2.75) is 38.6 Å². The molecule has 6 rings (SSSR count). The van der Waals surface area contributed by atoms with Crippen LogP contribution in [0.15, 0.2) is 77.6 Å². The number of benzene rings is 4. The summed E-state index contributed by atoms with van der Waals surface area (Å²) in [6.45, 7) is 4.77. The second kappa shape index (κ2) is 11.0. The van der Waals surface area contributed by atoms with Crippen LogP contribution in [0.2, 0.25) is 5.02 Å². The van der Waals surface area contributed by atoms with Gasteiger partial charge < -0.3 is 23.5 Å². The van der Waals surface area contributed by atoms with Gasteiger partial charge in [-0.3, -0.25) is 9.59 Å². The number of nitrogens with zero attached hydrogens (tertiary/aromatic N) is 1. The number of hydrogen-bond donors (Lipinski definition) is 0. The van der Waals surface area contributed by atoms with Crippen molar-refractivity contribution < 1.29 is 28.5 Å². The smallest absolute Gasteiger partial charge is 0.331 e. The Balaban J connectivity index is 1.57. The average Bonchev–Trinajstić information content (AvgIpc) is 2.98. The number of esters is 2. The van der Waals surface area contributed by atoms with E-state index in [4.69, 9.17) is 30.5 Å². The minimum absolute atomic E-state index is 0.247. The molecule has 4 aromatic carbocycles. The topological polar surface area (TPSA) is 93.1 Å². The van der Waals surface area contributed by atoms with Gasteiger partial charge in [-0.25, -0.2) is 4.79 Å². The summed E-state index contributed by atoms with van der Waals surface area (Å²) >= 11 is 6.08. The molecule has 44 heavy (non-hydrogen) atoms. The molecule has 2 unspecified atom stereocenters. The molecule has 0 spiro atoms. The van der Waals surface area contributed by atoms with Gasteiger partial charge in [-0.1, -0.05) is 48.0 Å². The van der Waals surface area contributed by atoms with E-state index in [1.54, 1.807) is 50.3 Å². The molecule has 0 amide bonds. The fraction of sp³-hybridized carbons (Fsp3) is 0.229. The van der Waals surface area contributed by atoms with Gasteiger partial charge in [0.1, 0.15) is 17.1 Å². The third-order valence-electron chi connectivity index (χ3n) is 7.93. The number of rotatable bonds is 5. The van der Waals surface area contributed by atoms with Gasteiger partial charge in [0.25, 0.3) is 0 Å². The molecule has 0 saturated heterocycles. The lowest BCUT2D eigenvalue weighted by Gasteiger charge is -2.43. The predicted octanol–water partition coefficient (Wildman–Crippen LogP) is 6.91. The summed E-state index contributed by atoms with van der Waals surface area (Å²) in [5.41, 5.74) is 0.843. The summed E-state index contributed by atoms with van der Waals surface area (Å²) in [5.74, 6) is -0.597. The molecule has 1 aliphatic heterocycles. The highest BCUT2D eigenvalue weighted by Gasteiger charge is 2.50. The van der Waals surface area contributed by atoms with Gasteiger partial charge in [-0.2, -0.15) is 0 Å². The van der Waals surface area contributed by atoms with Crippen molar-refractivity contribution >= 4 is 62.2 Å². The third kappa shape index (κ3) is 5.05. The highest BCUT2D eigenvalue weighted by Crippen LogP contribution is 2.49. The zero-order valence-electron chi connectivity index (χ0n) is 24.8. The standard InChI is InChI=1S/C35H30ClNO7/c1-19(38)42-33-30-27(44-35(2,3)34(33)43-28(39)14-13-20-9-8-12-23(36)15-20)18-26(41-5)29-31(30)37(4)25-17-22-11-7-6-10-21(22)16-24(25)32(29)40/h6-18,33-34H,1-5H3/b14-13+. The van der Waals surface area contributed by atoms with Crippen LogP contribution in [0, 0.1) is 0 Å². The molecule has 2 atom stereocenters. The summed E-state index contributed by atoms with van der Waals surface area (Å²) in [4.78, 5) is 39.9. The van der Waals surface area contributed by atoms with Crippen LogP contribution >= 0.6 is 11.6 Å². The first kappa shape index (κ1) is 29.3. The molecule has 0 radical (unpaired) electrons. The summed E-state index contributed by atoms with van der Waals surface area (Å²) in [6.07, 6.45) is 0.684. The van der Waals surface area contributed by atoms with Gasteiger partial charge in [0, 0.05) is 36.5 Å². The van der Waals surface area contributed by atoms with E-state index in [9.17, 15) is 14.4 Å². The van der Waals surface area contributed by atoms with Crippen LogP contribution in [0.5, 0.6) is 11.5 Å². The van der Waals surface area contributed by atoms with Crippen molar-refractivity contribution in [3.05, 3.63) is 99.2 Å². The van der Waals surface area contributed by atoms with Crippen LogP contribution in [-0.4, -0.2) is 35.3 Å². The van der Waals surface area contributed by atoms with E-state index >= 15 is 0 Å². The van der Waals surface area contributed by atoms with E-state index in [2.05, 4.69) is 0 Å². The second-order valence-electron chi connectivity index (χ2n) is 11.3. The first-order valence-electron chi connectivity index (χ1n) is 14.0. The van der Waals surface area contributed by atoms with Crippen LogP contribution in [0.25, 0.3) is 38.7 Å². The van der Waals surface area contributed by atoms with Crippen LogP contribution < -0.4 is 14.9 Å². The molecule has 0 fully saturated rings. The Bertz CT molecular complexity index is 2080. The maximum atomic E-state index is 14.2. The Labute approximate surface area is 258 Å². The number of fused-ring (bicyclic) bond motifs is 5. The Kier molecular flexibility index (Phi) is 7.33. The average molecular weight is 612 g/mol. The number of halogens is 1. The van der Waals surface area contributed by atoms with Crippen molar-refractivity contribution in [3.63, 3.8) is 0 Å². The van der Waals surface area contributed by atoms with Gasteiger partial charge in [-0.15, -0.1) is 0 Å². The molecule has 8 nitrogen and oxygen atoms in total. The van der Waals surface area contributed by atoms with Crippen LogP contribution in [0.3, 0.4) is 0 Å². The third-order valence-corrected chi connectivity index (χ3v) is 8.17. The summed E-state index contributed by atoms with van der Waals surface area (Å²) in [7, 11) is 3.32. The van der Waals surface area contributed by atoms with Crippen molar-refractivity contribution in [1.82, 2.24) is 4.57 Å². The van der Waals surface area contributed by atoms with E-state index in [-0.39, 0.29) is 5.43 Å². The lowest BCUT2D eigenvalue weighted by atomic mass is 9.86. The van der Waals surface area contributed by atoms with Crippen molar-refractivity contribution in [1.29, 1.82) is 0 Å². The predicted molar refractivity (Wildman–Crippen MR) is 170 cm³/mol. The monoisotopic (exact) mass is 611 g/mol. The van der Waals surface area contributed by atoms with E-state index in [1.165, 1.54) is 20.1 Å². The van der Waals surface area contributed by atoms with E-state index in [0.29, 0.717) is 49.5 Å². The number of hydrogen-bond acceptors (Lipinski definition) is 7. The number of aromatic nitrogens is 1. The second-order valence-corrected chi connectivity index (χ2v) is 11.7. The van der Waals surface area contributed by atoms with Gasteiger partial charge in [0.05, 0.1) is 29.1 Å². The maximum Gasteiger partial charge on any atom is 0.331 e. The van der Waals surface area contributed by atoms with E-state index in [0.717, 1.165) is 10.8 Å². The molecule has 0 bridgehead atoms. The number of pyridine rings is 1. The van der Waals surface area contributed by atoms with Gasteiger partial charge in [0.2, 0.25) is 5.43 Å². The molecule has 0 saturated carbocycles. The number of aryl methyl sites for hydroxylation is 1. The SMILES string of the molecule is COc1cc2c(c3c1c(=O)c1cc4ccccc4cc1n3C)C(OC(C)=O)C(OC(=O)/C=C/c1cccc(Cl)c1)C(C)(C)O2. The Morgan fingerprint density at radius 3 is 2.41 bits per heavy atom. The van der Waals surface area contributed by atoms with Crippen molar-refractivity contribution in [3.8, 4) is 11.5 Å². The Hall–Kier alpha value is -4.82. The van der Waals surface area contributed by atoms with Gasteiger partial charge in [-0.05, 0) is 60.5 Å². The summed E-state index contributed by atoms with van der Waals surface area (Å²) < 4.78 is 25.9. The Morgan fingerprint density at radius 1 is 1.00 bits per heavy atom. The summed E-state index contributed by atoms with van der Waals surface area (Å²) in [6, 6.07) is 20.2. The fourth-order valence-electron chi connectivity index (χ4n) is 5.97. The molecule has 1 aliphatic rings. The largest absolute Gasteiger partial charge is 0.496 e. The first-order chi connectivity index (χ1) is 21.0. The van der Waals surface area contributed by atoms with Gasteiger partial charge >= 0.3 is 11.9 Å². The van der Waals surface area contributed by atoms with Crippen LogP contribution in [-0.2, 0) is 26.1 Å². The van der Waals surface area contributed by atoms with E-state index in [1.807, 2.05) is 48.0 Å². The van der Waals surface area contributed by atoms with Gasteiger partial charge in [0.15, 0.2) is 12.2 Å². The zero-order chi connectivity index (χ0) is 31.3. The molecular weight excluding hydrogens is 582 g/mol. The minimum atomic E-state index is -1.14. The first-order valence-corrected chi connectivity index (χ1v) is 14.4. The van der Waals surface area contributed by atoms with Crippen LogP contribution in [0.1, 0.15) is 38.0 Å². The molecule has 0 N–H and O–H groups in total. The van der Waals surface area contributed by atoms with E-state index < -0.39 is 29.7 Å². The highest BCUT2D eigenvalue weighted by molar-refractivity contribution is 6.30. The maximum absolute atomic E-state index is 14.2. The van der Waals surface area contributed by atoms with Crippen molar-refractivity contribution in [2.24, 2.45) is 7.05 Å². The normalized spacial score (nSPS) is 17.4. The highest BCUT2D eigenvalue weighted by atomic mass is 35.5. The summed E-state index contributed by atoms with van der Waals surface area (Å²) in [5, 5.41) is 3.21. The lowest BCUT2D eigenvalue weighted by Crippen LogP contribution is -2.52. The molecule has 9 heteroatoms. The molecule has 224 valence electrons. The Morgan fingerprint density at radius 2 is 1.73 bits per heavy atom. The van der Waals surface area contributed by atoms with Crippen LogP contribution in [0.4, 0.5) is 0 Å². The fourth-order valence-corrected chi connectivity index (χ4v) is 6.17. The molecular formula is C35H30ClNO7. The quantitative estimate of drug-likeness (QED) is 0.121. The molecule has 5 aromatic rings.